The number of hydrazone groups is 1. The van der Waals surface area contributed by atoms with Crippen LogP contribution in [-0.2, 0) is 24.7 Å². The predicted molar refractivity (Wildman–Crippen MR) is 97.4 cm³/mol. The van der Waals surface area contributed by atoms with Gasteiger partial charge in [0.05, 0.1) is 23.5 Å². The maximum atomic E-state index is 13.1. The van der Waals surface area contributed by atoms with Crippen molar-refractivity contribution in [2.45, 2.75) is 45.6 Å². The minimum absolute atomic E-state index is 0.157. The monoisotopic (exact) mass is 425 g/mol. The van der Waals surface area contributed by atoms with Gasteiger partial charge < -0.3 is 19.1 Å². The molecule has 3 rings (SSSR count). The molecular weight excluding hydrogens is 406 g/mol. The summed E-state index contributed by atoms with van der Waals surface area (Å²) in [6.07, 6.45) is -1.59. The van der Waals surface area contributed by atoms with E-state index in [4.69, 9.17) is 14.2 Å². The van der Waals surface area contributed by atoms with E-state index in [0.29, 0.717) is 11.3 Å². The summed E-state index contributed by atoms with van der Waals surface area (Å²) in [5.74, 6) is -0.461. The lowest BCUT2D eigenvalue weighted by molar-refractivity contribution is -0.149. The van der Waals surface area contributed by atoms with Gasteiger partial charge in [-0.3, -0.25) is 4.79 Å². The number of rotatable bonds is 2. The van der Waals surface area contributed by atoms with Crippen molar-refractivity contribution in [1.29, 1.82) is 0 Å². The van der Waals surface area contributed by atoms with Crippen LogP contribution >= 0.6 is 15.9 Å². The molecule has 0 saturated carbocycles. The molecule has 140 valence electrons. The Labute approximate surface area is 159 Å². The molecule has 26 heavy (non-hydrogen) atoms. The van der Waals surface area contributed by atoms with Gasteiger partial charge in [-0.15, -0.1) is 5.01 Å². The fourth-order valence-corrected chi connectivity index (χ4v) is 3.20. The van der Waals surface area contributed by atoms with Crippen LogP contribution in [0.2, 0.25) is 0 Å². The lowest BCUT2D eigenvalue weighted by Gasteiger charge is -2.29. The smallest absolute Gasteiger partial charge is 0.435 e. The van der Waals surface area contributed by atoms with Crippen LogP contribution in [0.25, 0.3) is 0 Å². The van der Waals surface area contributed by atoms with Gasteiger partial charge in [0, 0.05) is 11.5 Å². The first-order chi connectivity index (χ1) is 12.2. The number of hydrogen-bond acceptors (Lipinski definition) is 6. The average Bonchev–Trinajstić information content (AvgIpc) is 3.00. The predicted octanol–water partition coefficient (Wildman–Crippen LogP) is 3.15. The largest absolute Gasteiger partial charge is 0.447 e. The quantitative estimate of drug-likeness (QED) is 0.726. The van der Waals surface area contributed by atoms with E-state index in [-0.39, 0.29) is 18.3 Å². The number of carbonyl (C=O) groups is 2. The Balaban J connectivity index is 2.13. The van der Waals surface area contributed by atoms with Crippen LogP contribution in [0.3, 0.4) is 0 Å². The number of fused-ring (bicyclic) bond motifs is 2. The van der Waals surface area contributed by atoms with Crippen molar-refractivity contribution in [3.05, 3.63) is 28.2 Å². The summed E-state index contributed by atoms with van der Waals surface area (Å²) in [5.41, 5.74) is -0.697. The third-order valence-electron chi connectivity index (χ3n) is 3.84. The van der Waals surface area contributed by atoms with Crippen LogP contribution in [0.4, 0.5) is 10.5 Å². The fraction of sp³-hybridized carbons (Fsp3) is 0.471. The first-order valence-electron chi connectivity index (χ1n) is 8.20. The van der Waals surface area contributed by atoms with Crippen LogP contribution in [0.5, 0.6) is 0 Å². The topological polar surface area (TPSA) is 80.7 Å². The molecule has 1 atom stereocenters. The van der Waals surface area contributed by atoms with Crippen LogP contribution < -0.4 is 4.90 Å². The fourth-order valence-electron chi connectivity index (χ4n) is 2.84. The summed E-state index contributed by atoms with van der Waals surface area (Å²) in [7, 11) is 1.61. The molecule has 0 bridgehead atoms. The molecule has 2 amide bonds. The third kappa shape index (κ3) is 2.80. The second-order valence-electron chi connectivity index (χ2n) is 6.55. The maximum Gasteiger partial charge on any atom is 0.435 e. The zero-order valence-electron chi connectivity index (χ0n) is 15.1. The Morgan fingerprint density at radius 3 is 2.58 bits per heavy atom. The summed E-state index contributed by atoms with van der Waals surface area (Å²) in [6.45, 7) is 7.01. The van der Waals surface area contributed by atoms with Crippen molar-refractivity contribution in [2.24, 2.45) is 5.10 Å². The Bertz CT molecular complexity index is 795. The number of benzene rings is 1. The zero-order chi connectivity index (χ0) is 19.2. The summed E-state index contributed by atoms with van der Waals surface area (Å²) < 4.78 is 17.3. The molecule has 0 aliphatic carbocycles. The van der Waals surface area contributed by atoms with Gasteiger partial charge in [-0.1, -0.05) is 21.0 Å². The van der Waals surface area contributed by atoms with E-state index in [1.807, 2.05) is 0 Å². The van der Waals surface area contributed by atoms with E-state index in [2.05, 4.69) is 21.0 Å². The molecule has 1 aromatic carbocycles. The van der Waals surface area contributed by atoms with Crippen molar-refractivity contribution in [3.63, 3.8) is 0 Å². The molecule has 0 aromatic heterocycles. The molecule has 2 aliphatic heterocycles. The van der Waals surface area contributed by atoms with Crippen LogP contribution in [0.15, 0.2) is 27.8 Å². The molecule has 2 heterocycles. The number of anilines is 1. The highest BCUT2D eigenvalue weighted by atomic mass is 79.9. The van der Waals surface area contributed by atoms with E-state index < -0.39 is 17.7 Å². The van der Waals surface area contributed by atoms with E-state index in [1.165, 1.54) is 4.90 Å². The molecular formula is C17H20BrN3O5. The first-order valence-corrected chi connectivity index (χ1v) is 8.99. The van der Waals surface area contributed by atoms with Crippen LogP contribution in [0, 0.1) is 0 Å². The second-order valence-corrected chi connectivity index (χ2v) is 7.46. The molecule has 0 saturated heterocycles. The number of amides is 2. The molecule has 1 aromatic rings. The lowest BCUT2D eigenvalue weighted by Crippen LogP contribution is -2.52. The number of hydrogen-bond donors (Lipinski definition) is 0. The second kappa shape index (κ2) is 6.46. The van der Waals surface area contributed by atoms with E-state index in [0.717, 1.165) is 9.48 Å². The third-order valence-corrected chi connectivity index (χ3v) is 4.33. The van der Waals surface area contributed by atoms with Crippen molar-refractivity contribution in [3.8, 4) is 0 Å². The average molecular weight is 426 g/mol. The summed E-state index contributed by atoms with van der Waals surface area (Å²) in [6, 6.07) is 5.29. The number of carbonyl (C=O) groups excluding carboxylic acids is 2. The Morgan fingerprint density at radius 2 is 1.96 bits per heavy atom. The van der Waals surface area contributed by atoms with Gasteiger partial charge in [0.15, 0.2) is 0 Å². The Hall–Kier alpha value is -2.29. The van der Waals surface area contributed by atoms with E-state index in [9.17, 15) is 9.59 Å². The van der Waals surface area contributed by atoms with Gasteiger partial charge in [-0.05, 0) is 45.9 Å². The lowest BCUT2D eigenvalue weighted by atomic mass is 10.0. The van der Waals surface area contributed by atoms with Gasteiger partial charge in [0.1, 0.15) is 0 Å². The van der Waals surface area contributed by atoms with E-state index >= 15 is 0 Å². The van der Waals surface area contributed by atoms with Gasteiger partial charge >= 0.3 is 17.9 Å². The normalized spacial score (nSPS) is 21.4. The molecule has 1 spiro atoms. The summed E-state index contributed by atoms with van der Waals surface area (Å²) in [5, 5.41) is 5.02. The molecule has 0 radical (unpaired) electrons. The first kappa shape index (κ1) is 18.5. The molecule has 0 fully saturated rings. The standard InChI is InChI=1S/C17H20BrN3O5/c1-9(2)24-15-19-21(16(23)25-10(3)4)17(26-15)12-8-11(18)6-7-13(12)20(5)14(17)22/h6-10H,1-5H3. The van der Waals surface area contributed by atoms with Crippen molar-refractivity contribution < 1.29 is 23.8 Å². The number of nitrogens with zero attached hydrogens (tertiary/aromatic N) is 3. The highest BCUT2D eigenvalue weighted by Gasteiger charge is 2.64. The minimum atomic E-state index is -1.79. The van der Waals surface area contributed by atoms with Crippen molar-refractivity contribution >= 4 is 39.7 Å². The molecule has 8 nitrogen and oxygen atoms in total. The van der Waals surface area contributed by atoms with Gasteiger partial charge in [0.25, 0.3) is 5.91 Å². The highest BCUT2D eigenvalue weighted by Crippen LogP contribution is 2.48. The van der Waals surface area contributed by atoms with Crippen molar-refractivity contribution in [1.82, 2.24) is 5.01 Å². The molecule has 9 heteroatoms. The van der Waals surface area contributed by atoms with E-state index in [1.54, 1.807) is 52.9 Å². The Morgan fingerprint density at radius 1 is 1.27 bits per heavy atom. The number of halogens is 1. The highest BCUT2D eigenvalue weighted by molar-refractivity contribution is 9.10. The zero-order valence-corrected chi connectivity index (χ0v) is 16.7. The van der Waals surface area contributed by atoms with Crippen LogP contribution in [0.1, 0.15) is 33.3 Å². The van der Waals surface area contributed by atoms with Crippen molar-refractivity contribution in [2.75, 3.05) is 11.9 Å². The maximum absolute atomic E-state index is 13.1. The summed E-state index contributed by atoms with van der Waals surface area (Å²) in [4.78, 5) is 27.2. The number of likely N-dealkylation sites (N-methyl/N-ethyl adjacent to an activating group) is 1. The summed E-state index contributed by atoms with van der Waals surface area (Å²) >= 11 is 3.40. The van der Waals surface area contributed by atoms with Gasteiger partial charge in [-0.2, -0.15) is 0 Å². The van der Waals surface area contributed by atoms with Crippen LogP contribution in [-0.4, -0.2) is 42.3 Å². The van der Waals surface area contributed by atoms with Gasteiger partial charge in [-0.25, -0.2) is 4.79 Å². The van der Waals surface area contributed by atoms with Gasteiger partial charge in [0.2, 0.25) is 0 Å². The molecule has 0 N–H and O–H groups in total. The molecule has 1 unspecified atom stereocenters. The number of ether oxygens (including phenoxy) is 3. The minimum Gasteiger partial charge on any atom is -0.447 e. The SMILES string of the molecule is CC(C)OC(=O)N1N=C(OC(C)C)OC12C(=O)N(C)c1ccc(Br)cc12. The Kier molecular flexibility index (Phi) is 4.60. The molecule has 2 aliphatic rings.